The summed E-state index contributed by atoms with van der Waals surface area (Å²) in [5.74, 6) is 1.16. The molecular weight excluding hydrogens is 274 g/mol. The molecule has 0 bridgehead atoms. The fourth-order valence-electron chi connectivity index (χ4n) is 3.16. The first-order chi connectivity index (χ1) is 9.55. The lowest BCUT2D eigenvalue weighted by Crippen LogP contribution is -2.51. The first-order valence-corrected chi connectivity index (χ1v) is 8.90. The summed E-state index contributed by atoms with van der Waals surface area (Å²) >= 11 is 0. The Kier molecular flexibility index (Phi) is 3.50. The first-order valence-electron chi connectivity index (χ1n) is 7.29. The minimum atomic E-state index is -3.06. The van der Waals surface area contributed by atoms with Crippen LogP contribution in [0.25, 0.3) is 0 Å². The van der Waals surface area contributed by atoms with Gasteiger partial charge in [-0.2, -0.15) is 0 Å². The Labute approximate surface area is 120 Å². The zero-order valence-corrected chi connectivity index (χ0v) is 12.7. The van der Waals surface area contributed by atoms with Crippen LogP contribution in [0.15, 0.2) is 24.3 Å². The summed E-state index contributed by atoms with van der Waals surface area (Å²) in [5, 5.41) is 0. The molecule has 5 heteroatoms. The number of aryl methyl sites for hydroxylation is 1. The predicted octanol–water partition coefficient (Wildman–Crippen LogP) is 2.20. The highest BCUT2D eigenvalue weighted by Crippen LogP contribution is 2.39. The third kappa shape index (κ3) is 2.44. The standard InChI is InChI=1S/C15H21NO3S/c1-2-20(17,18)16-11-9-15(10-12-16)8-7-13-5-3-4-6-14(13)19-15/h3-6H,2,7-12H2,1H3. The van der Waals surface area contributed by atoms with E-state index in [2.05, 4.69) is 6.07 Å². The van der Waals surface area contributed by atoms with E-state index >= 15 is 0 Å². The molecule has 0 atom stereocenters. The SMILES string of the molecule is CCS(=O)(=O)N1CCC2(CCc3ccccc3O2)CC1. The van der Waals surface area contributed by atoms with E-state index in [-0.39, 0.29) is 11.4 Å². The van der Waals surface area contributed by atoms with Gasteiger partial charge in [-0.25, -0.2) is 12.7 Å². The number of para-hydroxylation sites is 1. The van der Waals surface area contributed by atoms with Gasteiger partial charge >= 0.3 is 0 Å². The van der Waals surface area contributed by atoms with Crippen molar-refractivity contribution in [3.63, 3.8) is 0 Å². The highest BCUT2D eigenvalue weighted by atomic mass is 32.2. The number of hydrogen-bond donors (Lipinski definition) is 0. The van der Waals surface area contributed by atoms with Crippen LogP contribution in [0.3, 0.4) is 0 Å². The van der Waals surface area contributed by atoms with Gasteiger partial charge in [0.05, 0.1) is 5.75 Å². The summed E-state index contributed by atoms with van der Waals surface area (Å²) in [5.41, 5.74) is 1.11. The molecule has 1 saturated heterocycles. The minimum Gasteiger partial charge on any atom is -0.487 e. The Morgan fingerprint density at radius 2 is 1.90 bits per heavy atom. The minimum absolute atomic E-state index is 0.159. The summed E-state index contributed by atoms with van der Waals surface area (Å²) < 4.78 is 31.7. The largest absolute Gasteiger partial charge is 0.487 e. The molecule has 2 aliphatic rings. The maximum absolute atomic E-state index is 11.9. The van der Waals surface area contributed by atoms with Crippen molar-refractivity contribution in [3.05, 3.63) is 29.8 Å². The number of fused-ring (bicyclic) bond motifs is 1. The third-order valence-electron chi connectivity index (χ3n) is 4.54. The van der Waals surface area contributed by atoms with Crippen LogP contribution in [-0.4, -0.2) is 37.2 Å². The number of ether oxygens (including phenoxy) is 1. The second kappa shape index (κ2) is 5.04. The summed E-state index contributed by atoms with van der Waals surface area (Å²) in [6.07, 6.45) is 3.60. The molecule has 3 rings (SSSR count). The lowest BCUT2D eigenvalue weighted by molar-refractivity contribution is 0.00184. The van der Waals surface area contributed by atoms with Gasteiger partial charge in [-0.15, -0.1) is 0 Å². The number of piperidine rings is 1. The van der Waals surface area contributed by atoms with Crippen molar-refractivity contribution in [1.29, 1.82) is 0 Å². The molecule has 20 heavy (non-hydrogen) atoms. The second-order valence-corrected chi connectivity index (χ2v) is 7.95. The third-order valence-corrected chi connectivity index (χ3v) is 6.42. The van der Waals surface area contributed by atoms with Crippen molar-refractivity contribution < 1.29 is 13.2 Å². The van der Waals surface area contributed by atoms with Gasteiger partial charge in [0, 0.05) is 25.9 Å². The van der Waals surface area contributed by atoms with Gasteiger partial charge in [0.25, 0.3) is 0 Å². The topological polar surface area (TPSA) is 46.6 Å². The zero-order valence-electron chi connectivity index (χ0n) is 11.8. The highest BCUT2D eigenvalue weighted by molar-refractivity contribution is 7.89. The van der Waals surface area contributed by atoms with Crippen molar-refractivity contribution >= 4 is 10.0 Å². The first kappa shape index (κ1) is 13.9. The molecule has 110 valence electrons. The quantitative estimate of drug-likeness (QED) is 0.840. The van der Waals surface area contributed by atoms with Crippen molar-refractivity contribution in [3.8, 4) is 5.75 Å². The number of sulfonamides is 1. The monoisotopic (exact) mass is 295 g/mol. The smallest absolute Gasteiger partial charge is 0.213 e. The summed E-state index contributed by atoms with van der Waals surface area (Å²) in [6.45, 7) is 2.86. The average molecular weight is 295 g/mol. The van der Waals surface area contributed by atoms with Crippen molar-refractivity contribution in [2.24, 2.45) is 0 Å². The van der Waals surface area contributed by atoms with Gasteiger partial charge in [-0.1, -0.05) is 18.2 Å². The maximum Gasteiger partial charge on any atom is 0.213 e. The van der Waals surface area contributed by atoms with Gasteiger partial charge in [-0.3, -0.25) is 0 Å². The van der Waals surface area contributed by atoms with Crippen LogP contribution in [0.4, 0.5) is 0 Å². The maximum atomic E-state index is 11.9. The molecule has 2 heterocycles. The Hall–Kier alpha value is -1.07. The lowest BCUT2D eigenvalue weighted by atomic mass is 9.84. The van der Waals surface area contributed by atoms with Gasteiger partial charge in [0.15, 0.2) is 0 Å². The van der Waals surface area contributed by atoms with Crippen LogP contribution in [-0.2, 0) is 16.4 Å². The van der Waals surface area contributed by atoms with E-state index in [1.54, 1.807) is 11.2 Å². The molecule has 0 aliphatic carbocycles. The molecule has 1 fully saturated rings. The van der Waals surface area contributed by atoms with Crippen molar-refractivity contribution in [2.45, 2.75) is 38.2 Å². The van der Waals surface area contributed by atoms with Gasteiger partial charge in [0.2, 0.25) is 10.0 Å². The lowest BCUT2D eigenvalue weighted by Gasteiger charge is -2.44. The summed E-state index contributed by atoms with van der Waals surface area (Å²) in [6, 6.07) is 8.16. The van der Waals surface area contributed by atoms with Crippen molar-refractivity contribution in [1.82, 2.24) is 4.31 Å². The normalized spacial score (nSPS) is 22.2. The van der Waals surface area contributed by atoms with E-state index in [4.69, 9.17) is 4.74 Å². The van der Waals surface area contributed by atoms with Crippen molar-refractivity contribution in [2.75, 3.05) is 18.8 Å². The molecule has 2 aliphatic heterocycles. The Bertz CT molecular complexity index is 589. The summed E-state index contributed by atoms with van der Waals surface area (Å²) in [7, 11) is -3.06. The highest BCUT2D eigenvalue weighted by Gasteiger charge is 2.41. The molecule has 1 aromatic rings. The van der Waals surface area contributed by atoms with Crippen LogP contribution < -0.4 is 4.74 Å². The van der Waals surface area contributed by atoms with Crippen LogP contribution in [0.5, 0.6) is 5.75 Å². The number of hydrogen-bond acceptors (Lipinski definition) is 3. The molecule has 0 N–H and O–H groups in total. The molecule has 0 unspecified atom stereocenters. The molecule has 1 aromatic carbocycles. The van der Waals surface area contributed by atoms with E-state index in [1.807, 2.05) is 18.2 Å². The fraction of sp³-hybridized carbons (Fsp3) is 0.600. The van der Waals surface area contributed by atoms with Crippen LogP contribution in [0.1, 0.15) is 31.7 Å². The molecule has 0 radical (unpaired) electrons. The van der Waals surface area contributed by atoms with Crippen LogP contribution in [0, 0.1) is 0 Å². The van der Waals surface area contributed by atoms with Crippen LogP contribution in [0.2, 0.25) is 0 Å². The summed E-state index contributed by atoms with van der Waals surface area (Å²) in [4.78, 5) is 0. The van der Waals surface area contributed by atoms with Gasteiger partial charge in [0.1, 0.15) is 11.4 Å². The van der Waals surface area contributed by atoms with Gasteiger partial charge in [-0.05, 0) is 31.4 Å². The van der Waals surface area contributed by atoms with E-state index in [0.717, 1.165) is 31.4 Å². The molecule has 4 nitrogen and oxygen atoms in total. The van der Waals surface area contributed by atoms with E-state index in [9.17, 15) is 8.42 Å². The molecule has 1 spiro atoms. The Morgan fingerprint density at radius 3 is 2.60 bits per heavy atom. The molecular formula is C15H21NO3S. The average Bonchev–Trinajstić information content (AvgIpc) is 2.48. The zero-order chi connectivity index (χ0) is 14.2. The predicted molar refractivity (Wildman–Crippen MR) is 78.4 cm³/mol. The Morgan fingerprint density at radius 1 is 1.20 bits per heavy atom. The fourth-order valence-corrected chi connectivity index (χ4v) is 4.27. The number of nitrogens with zero attached hydrogens (tertiary/aromatic N) is 1. The number of rotatable bonds is 2. The molecule has 0 amide bonds. The van der Waals surface area contributed by atoms with E-state index in [1.165, 1.54) is 5.56 Å². The Balaban J connectivity index is 1.73. The van der Waals surface area contributed by atoms with Crippen LogP contribution >= 0.6 is 0 Å². The molecule has 0 saturated carbocycles. The van der Waals surface area contributed by atoms with E-state index < -0.39 is 10.0 Å². The number of benzene rings is 1. The van der Waals surface area contributed by atoms with E-state index in [0.29, 0.717) is 13.1 Å². The van der Waals surface area contributed by atoms with Gasteiger partial charge < -0.3 is 4.74 Å². The molecule has 0 aromatic heterocycles. The second-order valence-electron chi connectivity index (χ2n) is 5.69.